The first-order valence-corrected chi connectivity index (χ1v) is 4.40. The standard InChI is InChI=1S/C11H8FNO2/c1-7(14)11-6-10(13-15-11)8-3-2-4-9(12)5-8/h2-6H,1H3. The molecule has 1 heterocycles. The number of rotatable bonds is 2. The number of hydrogen-bond acceptors (Lipinski definition) is 3. The highest BCUT2D eigenvalue weighted by Crippen LogP contribution is 2.19. The van der Waals surface area contributed by atoms with Gasteiger partial charge in [-0.3, -0.25) is 4.79 Å². The van der Waals surface area contributed by atoms with E-state index in [1.54, 1.807) is 12.1 Å². The van der Waals surface area contributed by atoms with Crippen molar-refractivity contribution < 1.29 is 13.7 Å². The summed E-state index contributed by atoms with van der Waals surface area (Å²) in [5, 5.41) is 3.69. The van der Waals surface area contributed by atoms with Crippen molar-refractivity contribution >= 4 is 5.78 Å². The van der Waals surface area contributed by atoms with Gasteiger partial charge in [0.25, 0.3) is 0 Å². The van der Waals surface area contributed by atoms with Crippen molar-refractivity contribution in [1.82, 2.24) is 5.16 Å². The van der Waals surface area contributed by atoms with Gasteiger partial charge in [0.15, 0.2) is 5.78 Å². The van der Waals surface area contributed by atoms with Crippen LogP contribution < -0.4 is 0 Å². The van der Waals surface area contributed by atoms with E-state index >= 15 is 0 Å². The highest BCUT2D eigenvalue weighted by atomic mass is 19.1. The molecule has 2 rings (SSSR count). The molecule has 0 aliphatic rings. The summed E-state index contributed by atoms with van der Waals surface area (Å²) < 4.78 is 17.7. The lowest BCUT2D eigenvalue weighted by Gasteiger charge is -1.93. The fourth-order valence-electron chi connectivity index (χ4n) is 1.22. The maximum atomic E-state index is 12.9. The van der Waals surface area contributed by atoms with Gasteiger partial charge in [-0.2, -0.15) is 0 Å². The van der Waals surface area contributed by atoms with Crippen LogP contribution in [0.5, 0.6) is 0 Å². The molecule has 0 radical (unpaired) electrons. The first kappa shape index (κ1) is 9.58. The van der Waals surface area contributed by atoms with Crippen molar-refractivity contribution in [2.24, 2.45) is 0 Å². The van der Waals surface area contributed by atoms with Crippen molar-refractivity contribution in [1.29, 1.82) is 0 Å². The minimum atomic E-state index is -0.347. The number of aromatic nitrogens is 1. The van der Waals surface area contributed by atoms with Gasteiger partial charge < -0.3 is 4.52 Å². The molecular formula is C11H8FNO2. The Balaban J connectivity index is 2.41. The second-order valence-corrected chi connectivity index (χ2v) is 3.14. The Labute approximate surface area is 85.5 Å². The summed E-state index contributed by atoms with van der Waals surface area (Å²) in [6, 6.07) is 7.45. The molecule has 1 aromatic carbocycles. The predicted molar refractivity (Wildman–Crippen MR) is 51.9 cm³/mol. The molecule has 0 saturated carbocycles. The Hall–Kier alpha value is -1.97. The quantitative estimate of drug-likeness (QED) is 0.708. The van der Waals surface area contributed by atoms with Gasteiger partial charge in [-0.1, -0.05) is 17.3 Å². The van der Waals surface area contributed by atoms with Crippen molar-refractivity contribution in [2.45, 2.75) is 6.92 Å². The fraction of sp³-hybridized carbons (Fsp3) is 0.0909. The number of carbonyl (C=O) groups is 1. The largest absolute Gasteiger partial charge is 0.353 e. The SMILES string of the molecule is CC(=O)c1cc(-c2cccc(F)c2)no1. The molecule has 2 aromatic rings. The second-order valence-electron chi connectivity index (χ2n) is 3.14. The van der Waals surface area contributed by atoms with Crippen LogP contribution in [0.25, 0.3) is 11.3 Å². The molecule has 15 heavy (non-hydrogen) atoms. The van der Waals surface area contributed by atoms with E-state index < -0.39 is 0 Å². The van der Waals surface area contributed by atoms with Gasteiger partial charge in [0.2, 0.25) is 5.76 Å². The molecule has 3 nitrogen and oxygen atoms in total. The molecule has 0 atom stereocenters. The van der Waals surface area contributed by atoms with Crippen LogP contribution in [-0.4, -0.2) is 10.9 Å². The van der Waals surface area contributed by atoms with E-state index in [4.69, 9.17) is 4.52 Å². The number of benzene rings is 1. The van der Waals surface area contributed by atoms with Crippen molar-refractivity contribution in [3.63, 3.8) is 0 Å². The third kappa shape index (κ3) is 1.93. The first-order valence-electron chi connectivity index (χ1n) is 4.40. The van der Waals surface area contributed by atoms with Gasteiger partial charge in [-0.25, -0.2) is 4.39 Å². The minimum Gasteiger partial charge on any atom is -0.353 e. The molecule has 0 fully saturated rings. The van der Waals surface area contributed by atoms with Crippen LogP contribution in [0.1, 0.15) is 17.5 Å². The number of hydrogen-bond donors (Lipinski definition) is 0. The van der Waals surface area contributed by atoms with Gasteiger partial charge in [-0.15, -0.1) is 0 Å². The summed E-state index contributed by atoms with van der Waals surface area (Å²) in [5.74, 6) is -0.376. The van der Waals surface area contributed by atoms with Gasteiger partial charge in [-0.05, 0) is 12.1 Å². The molecule has 0 unspecified atom stereocenters. The normalized spacial score (nSPS) is 10.3. The first-order chi connectivity index (χ1) is 7.16. The monoisotopic (exact) mass is 205 g/mol. The van der Waals surface area contributed by atoms with Crippen LogP contribution in [-0.2, 0) is 0 Å². The van der Waals surface area contributed by atoms with E-state index in [-0.39, 0.29) is 17.4 Å². The molecule has 1 aromatic heterocycles. The zero-order chi connectivity index (χ0) is 10.8. The Morgan fingerprint density at radius 2 is 2.20 bits per heavy atom. The van der Waals surface area contributed by atoms with E-state index in [1.165, 1.54) is 25.1 Å². The van der Waals surface area contributed by atoms with Crippen molar-refractivity contribution in [3.05, 3.63) is 41.9 Å². The number of nitrogens with zero attached hydrogens (tertiary/aromatic N) is 1. The molecule has 4 heteroatoms. The van der Waals surface area contributed by atoms with Gasteiger partial charge in [0.05, 0.1) is 0 Å². The van der Waals surface area contributed by atoms with Gasteiger partial charge in [0.1, 0.15) is 11.5 Å². The maximum absolute atomic E-state index is 12.9. The molecule has 0 N–H and O–H groups in total. The topological polar surface area (TPSA) is 43.1 Å². The Morgan fingerprint density at radius 1 is 1.40 bits per heavy atom. The molecule has 0 saturated heterocycles. The zero-order valence-electron chi connectivity index (χ0n) is 8.03. The highest BCUT2D eigenvalue weighted by Gasteiger charge is 2.09. The zero-order valence-corrected chi connectivity index (χ0v) is 8.03. The molecular weight excluding hydrogens is 197 g/mol. The molecule has 0 bridgehead atoms. The van der Waals surface area contributed by atoms with E-state index in [0.29, 0.717) is 11.3 Å². The molecule has 0 aliphatic heterocycles. The predicted octanol–water partition coefficient (Wildman–Crippen LogP) is 2.68. The maximum Gasteiger partial charge on any atom is 0.202 e. The van der Waals surface area contributed by atoms with Crippen LogP contribution in [0.15, 0.2) is 34.9 Å². The van der Waals surface area contributed by atoms with Gasteiger partial charge in [0, 0.05) is 18.6 Å². The summed E-state index contributed by atoms with van der Waals surface area (Å²) in [5.41, 5.74) is 1.05. The van der Waals surface area contributed by atoms with Crippen molar-refractivity contribution in [3.8, 4) is 11.3 Å². The Morgan fingerprint density at radius 3 is 2.80 bits per heavy atom. The van der Waals surface area contributed by atoms with E-state index in [9.17, 15) is 9.18 Å². The molecule has 0 spiro atoms. The molecule has 0 aliphatic carbocycles. The molecule has 76 valence electrons. The summed E-state index contributed by atoms with van der Waals surface area (Å²) in [7, 11) is 0. The van der Waals surface area contributed by atoms with Crippen LogP contribution >= 0.6 is 0 Å². The Kier molecular flexibility index (Phi) is 2.33. The second kappa shape index (κ2) is 3.65. The number of halogens is 1. The van der Waals surface area contributed by atoms with Gasteiger partial charge >= 0.3 is 0 Å². The van der Waals surface area contributed by atoms with E-state index in [1.807, 2.05) is 0 Å². The van der Waals surface area contributed by atoms with Crippen molar-refractivity contribution in [2.75, 3.05) is 0 Å². The van der Waals surface area contributed by atoms with Crippen LogP contribution in [0.3, 0.4) is 0 Å². The third-order valence-electron chi connectivity index (χ3n) is 1.98. The van der Waals surface area contributed by atoms with Crippen LogP contribution in [0.4, 0.5) is 4.39 Å². The summed E-state index contributed by atoms with van der Waals surface area (Å²) >= 11 is 0. The van der Waals surface area contributed by atoms with E-state index in [2.05, 4.69) is 5.16 Å². The average Bonchev–Trinajstić information content (AvgIpc) is 2.66. The smallest absolute Gasteiger partial charge is 0.202 e. The highest BCUT2D eigenvalue weighted by molar-refractivity contribution is 5.92. The minimum absolute atomic E-state index is 0.175. The number of ketones is 1. The number of carbonyl (C=O) groups excluding carboxylic acids is 1. The fourth-order valence-corrected chi connectivity index (χ4v) is 1.22. The lowest BCUT2D eigenvalue weighted by atomic mass is 10.1. The number of Topliss-reactive ketones (excluding diaryl/α,β-unsaturated/α-hetero) is 1. The lowest BCUT2D eigenvalue weighted by molar-refractivity contribution is 0.0978. The van der Waals surface area contributed by atoms with E-state index in [0.717, 1.165) is 0 Å². The molecule has 0 amide bonds. The van der Waals surface area contributed by atoms with Crippen LogP contribution in [0, 0.1) is 5.82 Å². The summed E-state index contributed by atoms with van der Waals surface area (Å²) in [6.45, 7) is 1.38. The Bertz CT molecular complexity index is 505. The van der Waals surface area contributed by atoms with Crippen LogP contribution in [0.2, 0.25) is 0 Å². The summed E-state index contributed by atoms with van der Waals surface area (Å²) in [6.07, 6.45) is 0. The average molecular weight is 205 g/mol. The lowest BCUT2D eigenvalue weighted by Crippen LogP contribution is -1.86. The third-order valence-corrected chi connectivity index (χ3v) is 1.98. The summed E-state index contributed by atoms with van der Waals surface area (Å²) in [4.78, 5) is 10.9.